The Bertz CT molecular complexity index is 809. The van der Waals surface area contributed by atoms with E-state index in [-0.39, 0.29) is 24.7 Å². The van der Waals surface area contributed by atoms with Crippen LogP contribution in [0.15, 0.2) is 47.6 Å². The van der Waals surface area contributed by atoms with Gasteiger partial charge in [0.2, 0.25) is 11.8 Å². The molecule has 2 N–H and O–H groups in total. The molecule has 2 aromatic carbocycles. The summed E-state index contributed by atoms with van der Waals surface area (Å²) in [5.74, 6) is -0.536. The van der Waals surface area contributed by atoms with Crippen LogP contribution in [0.3, 0.4) is 0 Å². The van der Waals surface area contributed by atoms with Gasteiger partial charge in [-0.3, -0.25) is 9.59 Å². The van der Waals surface area contributed by atoms with Crippen molar-refractivity contribution in [2.75, 3.05) is 5.32 Å². The molecule has 0 aliphatic heterocycles. The largest absolute Gasteiger partial charge is 0.326 e. The number of nitrogens with one attached hydrogen (secondary N) is 2. The predicted molar refractivity (Wildman–Crippen MR) is 109 cm³/mol. The van der Waals surface area contributed by atoms with Gasteiger partial charge in [-0.15, -0.1) is 0 Å². The molecular formula is C18H17ClIN3O2. The summed E-state index contributed by atoms with van der Waals surface area (Å²) in [6, 6.07) is 12.8. The zero-order chi connectivity index (χ0) is 18.2. The summed E-state index contributed by atoms with van der Waals surface area (Å²) in [6.45, 7) is 1.93. The first kappa shape index (κ1) is 19.4. The minimum absolute atomic E-state index is 0.0577. The van der Waals surface area contributed by atoms with Crippen molar-refractivity contribution in [1.82, 2.24) is 5.43 Å². The molecule has 0 atom stereocenters. The van der Waals surface area contributed by atoms with E-state index in [0.29, 0.717) is 5.02 Å². The summed E-state index contributed by atoms with van der Waals surface area (Å²) in [4.78, 5) is 23.7. The lowest BCUT2D eigenvalue weighted by molar-refractivity contribution is -0.124. The zero-order valence-electron chi connectivity index (χ0n) is 13.6. The molecule has 0 aliphatic rings. The average molecular weight is 470 g/mol. The first-order valence-electron chi connectivity index (χ1n) is 7.57. The van der Waals surface area contributed by atoms with Crippen LogP contribution in [0.25, 0.3) is 0 Å². The average Bonchev–Trinajstić information content (AvgIpc) is 2.56. The SMILES string of the molecule is Cc1cc(I)ccc1NC(=O)CCC(=O)NN=Cc1cccc(Cl)c1. The Hall–Kier alpha value is -1.93. The first-order valence-corrected chi connectivity index (χ1v) is 9.03. The molecule has 7 heteroatoms. The lowest BCUT2D eigenvalue weighted by Crippen LogP contribution is -2.20. The van der Waals surface area contributed by atoms with Crippen LogP contribution in [0.2, 0.25) is 5.02 Å². The lowest BCUT2D eigenvalue weighted by atomic mass is 10.2. The second-order valence-corrected chi connectivity index (χ2v) is 7.04. The smallest absolute Gasteiger partial charge is 0.240 e. The van der Waals surface area contributed by atoms with Crippen molar-refractivity contribution in [2.45, 2.75) is 19.8 Å². The maximum Gasteiger partial charge on any atom is 0.240 e. The van der Waals surface area contributed by atoms with Gasteiger partial charge in [0, 0.05) is 27.1 Å². The van der Waals surface area contributed by atoms with Gasteiger partial charge < -0.3 is 5.32 Å². The second kappa shape index (κ2) is 9.53. The van der Waals surface area contributed by atoms with Gasteiger partial charge in [0.25, 0.3) is 0 Å². The highest BCUT2D eigenvalue weighted by Gasteiger charge is 2.08. The molecule has 25 heavy (non-hydrogen) atoms. The van der Waals surface area contributed by atoms with Crippen molar-refractivity contribution in [3.05, 3.63) is 62.2 Å². The fourth-order valence-corrected chi connectivity index (χ4v) is 2.87. The van der Waals surface area contributed by atoms with Crippen LogP contribution >= 0.6 is 34.2 Å². The number of hydrazone groups is 1. The Balaban J connectivity index is 1.76. The van der Waals surface area contributed by atoms with E-state index < -0.39 is 0 Å². The van der Waals surface area contributed by atoms with Gasteiger partial charge in [-0.1, -0.05) is 23.7 Å². The number of nitrogens with zero attached hydrogens (tertiary/aromatic N) is 1. The normalized spacial score (nSPS) is 10.7. The van der Waals surface area contributed by atoms with Gasteiger partial charge in [0.15, 0.2) is 0 Å². The number of carbonyl (C=O) groups is 2. The number of rotatable bonds is 6. The van der Waals surface area contributed by atoms with Crippen LogP contribution in [0.4, 0.5) is 5.69 Å². The van der Waals surface area contributed by atoms with Gasteiger partial charge in [-0.25, -0.2) is 5.43 Å². The van der Waals surface area contributed by atoms with Crippen LogP contribution in [0.5, 0.6) is 0 Å². The van der Waals surface area contributed by atoms with E-state index in [4.69, 9.17) is 11.6 Å². The molecule has 0 spiro atoms. The fourth-order valence-electron chi connectivity index (χ4n) is 2.03. The van der Waals surface area contributed by atoms with Crippen molar-refractivity contribution < 1.29 is 9.59 Å². The number of carbonyl (C=O) groups excluding carboxylic acids is 2. The van der Waals surface area contributed by atoms with E-state index in [2.05, 4.69) is 38.4 Å². The highest BCUT2D eigenvalue weighted by molar-refractivity contribution is 14.1. The van der Waals surface area contributed by atoms with Gasteiger partial charge >= 0.3 is 0 Å². The van der Waals surface area contributed by atoms with Crippen LogP contribution in [0, 0.1) is 10.5 Å². The third-order valence-corrected chi connectivity index (χ3v) is 4.20. The van der Waals surface area contributed by atoms with Crippen molar-refractivity contribution in [3.8, 4) is 0 Å². The minimum atomic E-state index is -0.326. The van der Waals surface area contributed by atoms with E-state index in [9.17, 15) is 9.59 Å². The summed E-state index contributed by atoms with van der Waals surface area (Å²) < 4.78 is 1.10. The molecule has 0 aliphatic carbocycles. The summed E-state index contributed by atoms with van der Waals surface area (Å²) in [6.07, 6.45) is 1.64. The Labute approximate surface area is 165 Å². The number of hydrogen-bond donors (Lipinski definition) is 2. The summed E-state index contributed by atoms with van der Waals surface area (Å²) in [5.41, 5.74) is 4.91. The number of halogens is 2. The maximum absolute atomic E-state index is 11.9. The lowest BCUT2D eigenvalue weighted by Gasteiger charge is -2.08. The van der Waals surface area contributed by atoms with Crippen molar-refractivity contribution in [1.29, 1.82) is 0 Å². The highest BCUT2D eigenvalue weighted by atomic mass is 127. The first-order chi connectivity index (χ1) is 11.9. The van der Waals surface area contributed by atoms with E-state index in [1.165, 1.54) is 6.21 Å². The molecule has 0 bridgehead atoms. The summed E-state index contributed by atoms with van der Waals surface area (Å²) in [5, 5.41) is 7.25. The molecule has 0 radical (unpaired) electrons. The van der Waals surface area contributed by atoms with Gasteiger partial charge in [0.1, 0.15) is 0 Å². The number of aryl methyl sites for hydroxylation is 1. The molecule has 0 fully saturated rings. The Kier molecular flexibility index (Phi) is 7.39. The molecule has 5 nitrogen and oxygen atoms in total. The van der Waals surface area contributed by atoms with Crippen LogP contribution in [-0.4, -0.2) is 18.0 Å². The fraction of sp³-hybridized carbons (Fsp3) is 0.167. The van der Waals surface area contributed by atoms with Gasteiger partial charge in [-0.05, 0) is 71.0 Å². The number of benzene rings is 2. The maximum atomic E-state index is 11.9. The van der Waals surface area contributed by atoms with Crippen molar-refractivity contribution >= 4 is 57.9 Å². The molecule has 0 saturated heterocycles. The topological polar surface area (TPSA) is 70.6 Å². The molecule has 0 heterocycles. The second-order valence-electron chi connectivity index (χ2n) is 5.36. The third-order valence-electron chi connectivity index (χ3n) is 3.29. The van der Waals surface area contributed by atoms with Crippen molar-refractivity contribution in [3.63, 3.8) is 0 Å². The molecule has 2 rings (SSSR count). The van der Waals surface area contributed by atoms with Gasteiger partial charge in [0.05, 0.1) is 6.21 Å². The molecule has 2 aromatic rings. The highest BCUT2D eigenvalue weighted by Crippen LogP contribution is 2.18. The quantitative estimate of drug-likeness (QED) is 0.379. The van der Waals surface area contributed by atoms with Crippen LogP contribution in [-0.2, 0) is 9.59 Å². The third kappa shape index (κ3) is 6.83. The Morgan fingerprint density at radius 2 is 1.92 bits per heavy atom. The predicted octanol–water partition coefficient (Wildman–Crippen LogP) is 4.12. The monoisotopic (exact) mass is 469 g/mol. The molecular weight excluding hydrogens is 453 g/mol. The molecule has 0 saturated carbocycles. The molecule has 130 valence electrons. The van der Waals surface area contributed by atoms with E-state index in [0.717, 1.165) is 20.4 Å². The minimum Gasteiger partial charge on any atom is -0.326 e. The van der Waals surface area contributed by atoms with E-state index in [1.54, 1.807) is 18.2 Å². The number of amides is 2. The zero-order valence-corrected chi connectivity index (χ0v) is 16.5. The van der Waals surface area contributed by atoms with E-state index in [1.807, 2.05) is 31.2 Å². The molecule has 0 unspecified atom stereocenters. The van der Waals surface area contributed by atoms with E-state index >= 15 is 0 Å². The molecule has 0 aromatic heterocycles. The summed E-state index contributed by atoms with van der Waals surface area (Å²) in [7, 11) is 0. The van der Waals surface area contributed by atoms with Crippen molar-refractivity contribution in [2.24, 2.45) is 5.10 Å². The van der Waals surface area contributed by atoms with Crippen LogP contribution < -0.4 is 10.7 Å². The van der Waals surface area contributed by atoms with Crippen LogP contribution in [0.1, 0.15) is 24.0 Å². The Morgan fingerprint density at radius 3 is 2.64 bits per heavy atom. The van der Waals surface area contributed by atoms with Gasteiger partial charge in [-0.2, -0.15) is 5.10 Å². The number of hydrogen-bond acceptors (Lipinski definition) is 3. The summed E-state index contributed by atoms with van der Waals surface area (Å²) >= 11 is 8.08. The number of anilines is 1. The standard InChI is InChI=1S/C18H17ClIN3O2/c1-12-9-15(20)5-6-16(12)22-17(24)7-8-18(25)23-21-11-13-3-2-4-14(19)10-13/h2-6,9-11H,7-8H2,1H3,(H,22,24)(H,23,25). The molecule has 2 amide bonds. The Morgan fingerprint density at radius 1 is 1.16 bits per heavy atom.